The van der Waals surface area contributed by atoms with Crippen molar-refractivity contribution in [1.29, 1.82) is 5.41 Å². The molecule has 176 valence electrons. The van der Waals surface area contributed by atoms with E-state index < -0.39 is 15.4 Å². The normalized spacial score (nSPS) is 11.7. The molecular weight excluding hydrogens is 532 g/mol. The zero-order chi connectivity index (χ0) is 24.7. The van der Waals surface area contributed by atoms with Crippen LogP contribution in [0.25, 0.3) is 16.7 Å². The molecule has 2 aromatic carbocycles. The van der Waals surface area contributed by atoms with Crippen molar-refractivity contribution in [2.45, 2.75) is 16.3 Å². The average molecular weight is 551 g/mol. The van der Waals surface area contributed by atoms with Crippen LogP contribution in [-0.4, -0.2) is 29.5 Å². The molecule has 3 aromatic heterocycles. The maximum absolute atomic E-state index is 13.6. The van der Waals surface area contributed by atoms with E-state index in [-0.39, 0.29) is 32.9 Å². The maximum Gasteiger partial charge on any atom is 0.267 e. The zero-order valence-electron chi connectivity index (χ0n) is 18.5. The van der Waals surface area contributed by atoms with Crippen molar-refractivity contribution in [3.05, 3.63) is 105 Å². The Labute approximate surface area is 208 Å². The molecule has 5 rings (SSSR count). The highest BCUT2D eigenvalue weighted by Gasteiger charge is 2.24. The Kier molecular flexibility index (Phi) is 5.78. The van der Waals surface area contributed by atoms with Gasteiger partial charge in [0.05, 0.1) is 23.9 Å². The quantitative estimate of drug-likeness (QED) is 0.335. The molecule has 5 aromatic rings. The standard InChI is InChI=1S/C25H19BrN4O4S/c1-34-18-9-5-16(6-10-18)15-30-23(27)21(35(32,33)19-11-7-17(26)8-12-19)14-20-24(30)28-22-4-2-3-13-29(22)25(20)31/h2-14,27H,15H2,1H3. The Morgan fingerprint density at radius 2 is 1.74 bits per heavy atom. The summed E-state index contributed by atoms with van der Waals surface area (Å²) in [6, 6.07) is 19.8. The number of hydrogen-bond acceptors (Lipinski definition) is 6. The second kappa shape index (κ2) is 8.79. The van der Waals surface area contributed by atoms with E-state index in [2.05, 4.69) is 20.9 Å². The summed E-state index contributed by atoms with van der Waals surface area (Å²) >= 11 is 3.31. The van der Waals surface area contributed by atoms with E-state index in [4.69, 9.17) is 10.1 Å². The van der Waals surface area contributed by atoms with Crippen LogP contribution in [0.1, 0.15) is 5.56 Å². The monoisotopic (exact) mass is 550 g/mol. The van der Waals surface area contributed by atoms with E-state index in [0.717, 1.165) is 10.0 Å². The molecule has 35 heavy (non-hydrogen) atoms. The molecule has 10 heteroatoms. The van der Waals surface area contributed by atoms with Crippen molar-refractivity contribution >= 4 is 42.4 Å². The first-order chi connectivity index (χ1) is 16.8. The third-order valence-corrected chi connectivity index (χ3v) is 8.01. The second-order valence-corrected chi connectivity index (χ2v) is 10.7. The first kappa shape index (κ1) is 23.0. The van der Waals surface area contributed by atoms with Gasteiger partial charge in [-0.25, -0.2) is 13.4 Å². The Bertz CT molecular complexity index is 1810. The zero-order valence-corrected chi connectivity index (χ0v) is 20.9. The fourth-order valence-electron chi connectivity index (χ4n) is 3.87. The summed E-state index contributed by atoms with van der Waals surface area (Å²) in [6.45, 7) is 0.137. The number of rotatable bonds is 5. The minimum Gasteiger partial charge on any atom is -0.497 e. The number of hydrogen-bond donors (Lipinski definition) is 1. The van der Waals surface area contributed by atoms with Gasteiger partial charge in [0.15, 0.2) is 0 Å². The molecule has 0 saturated carbocycles. The van der Waals surface area contributed by atoms with Gasteiger partial charge in [-0.1, -0.05) is 34.1 Å². The summed E-state index contributed by atoms with van der Waals surface area (Å²) in [6.07, 6.45) is 1.58. The number of aromatic nitrogens is 3. The van der Waals surface area contributed by atoms with Gasteiger partial charge in [-0.2, -0.15) is 0 Å². The number of benzene rings is 2. The predicted molar refractivity (Wildman–Crippen MR) is 135 cm³/mol. The van der Waals surface area contributed by atoms with E-state index in [1.165, 1.54) is 27.2 Å². The van der Waals surface area contributed by atoms with Crippen molar-refractivity contribution in [1.82, 2.24) is 14.0 Å². The third kappa shape index (κ3) is 4.04. The van der Waals surface area contributed by atoms with Crippen LogP contribution < -0.4 is 15.8 Å². The number of fused-ring (bicyclic) bond motifs is 2. The van der Waals surface area contributed by atoms with Crippen molar-refractivity contribution in [2.75, 3.05) is 7.11 Å². The highest BCUT2D eigenvalue weighted by molar-refractivity contribution is 9.10. The molecule has 0 fully saturated rings. The number of methoxy groups -OCH3 is 1. The molecule has 1 N–H and O–H groups in total. The molecule has 3 heterocycles. The first-order valence-electron chi connectivity index (χ1n) is 10.5. The lowest BCUT2D eigenvalue weighted by Crippen LogP contribution is -2.30. The fourth-order valence-corrected chi connectivity index (χ4v) is 5.52. The minimum absolute atomic E-state index is 0.0263. The molecule has 0 saturated heterocycles. The molecule has 0 aliphatic rings. The van der Waals surface area contributed by atoms with Crippen LogP contribution >= 0.6 is 15.9 Å². The van der Waals surface area contributed by atoms with E-state index >= 15 is 0 Å². The molecule has 0 aliphatic heterocycles. The van der Waals surface area contributed by atoms with E-state index in [1.807, 2.05) is 12.1 Å². The van der Waals surface area contributed by atoms with Crippen LogP contribution in [0.2, 0.25) is 0 Å². The Morgan fingerprint density at radius 3 is 2.43 bits per heavy atom. The molecule has 0 atom stereocenters. The van der Waals surface area contributed by atoms with Gasteiger partial charge < -0.3 is 9.30 Å². The van der Waals surface area contributed by atoms with Crippen LogP contribution in [0.5, 0.6) is 5.75 Å². The van der Waals surface area contributed by atoms with E-state index in [0.29, 0.717) is 11.4 Å². The fraction of sp³-hybridized carbons (Fsp3) is 0.0800. The molecule has 0 bridgehead atoms. The average Bonchev–Trinajstić information content (AvgIpc) is 2.86. The van der Waals surface area contributed by atoms with Gasteiger partial charge >= 0.3 is 0 Å². The Hall–Kier alpha value is -3.76. The number of halogens is 1. The highest BCUT2D eigenvalue weighted by atomic mass is 79.9. The second-order valence-electron chi connectivity index (χ2n) is 7.83. The van der Waals surface area contributed by atoms with Gasteiger partial charge in [0.25, 0.3) is 5.56 Å². The van der Waals surface area contributed by atoms with Gasteiger partial charge in [0.2, 0.25) is 9.84 Å². The summed E-state index contributed by atoms with van der Waals surface area (Å²) in [5, 5.41) is 8.99. The number of nitrogens with one attached hydrogen (secondary N) is 1. The third-order valence-electron chi connectivity index (χ3n) is 5.70. The topological polar surface area (TPSA) is 107 Å². The predicted octanol–water partition coefficient (Wildman–Crippen LogP) is 3.78. The molecule has 0 spiro atoms. The molecule has 0 aliphatic carbocycles. The number of pyridine rings is 2. The van der Waals surface area contributed by atoms with Crippen LogP contribution in [0.3, 0.4) is 0 Å². The number of nitrogens with zero attached hydrogens (tertiary/aromatic N) is 3. The van der Waals surface area contributed by atoms with Gasteiger partial charge in [0, 0.05) is 10.7 Å². The van der Waals surface area contributed by atoms with Crippen LogP contribution in [0.15, 0.2) is 98.1 Å². The number of ether oxygens (including phenoxy) is 1. The van der Waals surface area contributed by atoms with Crippen LogP contribution in [0, 0.1) is 5.41 Å². The van der Waals surface area contributed by atoms with Crippen LogP contribution in [-0.2, 0) is 16.4 Å². The Balaban J connectivity index is 1.83. The van der Waals surface area contributed by atoms with Crippen molar-refractivity contribution in [3.8, 4) is 5.75 Å². The summed E-state index contributed by atoms with van der Waals surface area (Å²) in [5.41, 5.74) is 0.747. The lowest BCUT2D eigenvalue weighted by atomic mass is 10.2. The first-order valence-corrected chi connectivity index (χ1v) is 12.8. The highest BCUT2D eigenvalue weighted by Crippen LogP contribution is 2.23. The van der Waals surface area contributed by atoms with Crippen LogP contribution in [0.4, 0.5) is 0 Å². The SMILES string of the molecule is COc1ccc(Cn2c(=N)c(S(=O)(=O)c3ccc(Br)cc3)cc3c(=O)n4ccccc4nc32)cc1. The van der Waals surface area contributed by atoms with Crippen molar-refractivity contribution in [3.63, 3.8) is 0 Å². The van der Waals surface area contributed by atoms with Gasteiger partial charge in [0.1, 0.15) is 27.4 Å². The number of sulfone groups is 1. The van der Waals surface area contributed by atoms with Crippen molar-refractivity contribution < 1.29 is 13.2 Å². The molecule has 0 amide bonds. The van der Waals surface area contributed by atoms with Gasteiger partial charge in [-0.15, -0.1) is 0 Å². The molecular formula is C25H19BrN4O4S. The van der Waals surface area contributed by atoms with Gasteiger partial charge in [-0.3, -0.25) is 14.6 Å². The largest absolute Gasteiger partial charge is 0.497 e. The van der Waals surface area contributed by atoms with E-state index in [1.54, 1.807) is 55.8 Å². The lowest BCUT2D eigenvalue weighted by molar-refractivity contribution is 0.414. The minimum atomic E-state index is -4.10. The molecule has 0 radical (unpaired) electrons. The maximum atomic E-state index is 13.6. The van der Waals surface area contributed by atoms with E-state index in [9.17, 15) is 13.2 Å². The summed E-state index contributed by atoms with van der Waals surface area (Å²) in [4.78, 5) is 17.8. The molecule has 8 nitrogen and oxygen atoms in total. The Morgan fingerprint density at radius 1 is 1.03 bits per heavy atom. The molecule has 0 unspecified atom stereocenters. The summed E-state index contributed by atoms with van der Waals surface area (Å²) < 4.78 is 35.9. The van der Waals surface area contributed by atoms with Gasteiger partial charge in [-0.05, 0) is 60.2 Å². The van der Waals surface area contributed by atoms with Crippen molar-refractivity contribution in [2.24, 2.45) is 0 Å². The summed E-state index contributed by atoms with van der Waals surface area (Å²) in [7, 11) is -2.53. The lowest BCUT2D eigenvalue weighted by Gasteiger charge is -2.15. The summed E-state index contributed by atoms with van der Waals surface area (Å²) in [5.74, 6) is 0.670. The smallest absolute Gasteiger partial charge is 0.267 e.